The Bertz CT molecular complexity index is 2110. The lowest BCUT2D eigenvalue weighted by molar-refractivity contribution is 0.403. The van der Waals surface area contributed by atoms with Crippen molar-refractivity contribution in [2.45, 2.75) is 117 Å². The second-order valence-corrected chi connectivity index (χ2v) is 19.7. The molecule has 0 bridgehead atoms. The highest BCUT2D eigenvalue weighted by Crippen LogP contribution is 2.52. The van der Waals surface area contributed by atoms with Crippen LogP contribution in [0.25, 0.3) is 10.1 Å². The molecule has 0 spiro atoms. The predicted octanol–water partition coefficient (Wildman–Crippen LogP) is 10.4. The first kappa shape index (κ1) is 31.0. The molecule has 240 valence electrons. The van der Waals surface area contributed by atoms with Gasteiger partial charge in [0.15, 0.2) is 0 Å². The molecule has 0 N–H and O–H groups in total. The van der Waals surface area contributed by atoms with E-state index in [2.05, 4.69) is 161 Å². The van der Waals surface area contributed by atoms with Gasteiger partial charge in [0.2, 0.25) is 0 Å². The fraction of sp³-hybridized carbons (Fsp3) is 0.409. The first-order valence-electron chi connectivity index (χ1n) is 17.6. The zero-order valence-electron chi connectivity index (χ0n) is 30.6. The molecule has 0 radical (unpaired) electrons. The van der Waals surface area contributed by atoms with Gasteiger partial charge in [-0.25, -0.2) is 0 Å². The fourth-order valence-electron chi connectivity index (χ4n) is 9.55. The molecule has 0 saturated carbocycles. The van der Waals surface area contributed by atoms with Crippen LogP contribution in [0.2, 0.25) is 0 Å². The van der Waals surface area contributed by atoms with Gasteiger partial charge in [0.1, 0.15) is 0 Å². The number of hydrogen-bond donors (Lipinski definition) is 0. The lowest BCUT2D eigenvalue weighted by Gasteiger charge is -2.45. The number of anilines is 3. The summed E-state index contributed by atoms with van der Waals surface area (Å²) in [6, 6.07) is 29.1. The van der Waals surface area contributed by atoms with Crippen LogP contribution in [0.15, 0.2) is 72.8 Å². The second-order valence-electron chi connectivity index (χ2n) is 18.6. The van der Waals surface area contributed by atoms with E-state index < -0.39 is 0 Å². The van der Waals surface area contributed by atoms with Gasteiger partial charge in [0, 0.05) is 27.2 Å². The summed E-state index contributed by atoms with van der Waals surface area (Å²) in [5, 5.41) is 1.45. The second kappa shape index (κ2) is 9.44. The quantitative estimate of drug-likeness (QED) is 0.163. The van der Waals surface area contributed by atoms with E-state index in [9.17, 15) is 0 Å². The Kier molecular flexibility index (Phi) is 6.23. The van der Waals surface area contributed by atoms with Crippen molar-refractivity contribution in [2.75, 3.05) is 4.90 Å². The zero-order chi connectivity index (χ0) is 33.6. The molecular formula is C44H50BNS. The number of nitrogens with zero attached hydrogens (tertiary/aromatic N) is 1. The topological polar surface area (TPSA) is 3.24 Å². The minimum absolute atomic E-state index is 0.103. The minimum Gasteiger partial charge on any atom is -0.312 e. The SMILES string of the molecule is CC(C)(C)c1ccc(N2c3cc4c(cc3B3c5sc6ccc(C(C)(C)C)cc6c5C(C)(C)c5cccc2c53)C(C)(C)CC4(C)C)cc1. The summed E-state index contributed by atoms with van der Waals surface area (Å²) in [4.78, 5) is 2.60. The number of thiophene rings is 1. The summed E-state index contributed by atoms with van der Waals surface area (Å²) in [6.45, 7) is 28.9. The van der Waals surface area contributed by atoms with Gasteiger partial charge in [-0.2, -0.15) is 0 Å². The highest BCUT2D eigenvalue weighted by Gasteiger charge is 2.50. The van der Waals surface area contributed by atoms with Crippen LogP contribution in [0, 0.1) is 0 Å². The molecule has 4 aromatic carbocycles. The Labute approximate surface area is 287 Å². The van der Waals surface area contributed by atoms with E-state index in [1.807, 2.05) is 11.3 Å². The highest BCUT2D eigenvalue weighted by molar-refractivity contribution is 7.32. The Morgan fingerprint density at radius 2 is 1.28 bits per heavy atom. The highest BCUT2D eigenvalue weighted by atomic mass is 32.1. The van der Waals surface area contributed by atoms with E-state index in [4.69, 9.17) is 0 Å². The molecule has 3 aliphatic rings. The molecule has 0 unspecified atom stereocenters. The summed E-state index contributed by atoms with van der Waals surface area (Å²) in [6.07, 6.45) is 1.16. The van der Waals surface area contributed by atoms with Crippen molar-refractivity contribution in [3.05, 3.63) is 106 Å². The molecule has 1 aliphatic carbocycles. The van der Waals surface area contributed by atoms with Crippen molar-refractivity contribution in [3.63, 3.8) is 0 Å². The summed E-state index contributed by atoms with van der Waals surface area (Å²) >= 11 is 2.04. The van der Waals surface area contributed by atoms with Gasteiger partial charge in [-0.3, -0.25) is 0 Å². The van der Waals surface area contributed by atoms with E-state index in [0.29, 0.717) is 0 Å². The van der Waals surface area contributed by atoms with Gasteiger partial charge < -0.3 is 4.90 Å². The zero-order valence-corrected chi connectivity index (χ0v) is 31.4. The van der Waals surface area contributed by atoms with Gasteiger partial charge in [0.05, 0.1) is 0 Å². The van der Waals surface area contributed by atoms with Crippen LogP contribution >= 0.6 is 11.3 Å². The Balaban J connectivity index is 1.47. The summed E-state index contributed by atoms with van der Waals surface area (Å²) in [7, 11) is 0. The third-order valence-corrected chi connectivity index (χ3v) is 13.0. The van der Waals surface area contributed by atoms with E-state index >= 15 is 0 Å². The van der Waals surface area contributed by atoms with Crippen molar-refractivity contribution >= 4 is 60.9 Å². The molecule has 0 saturated heterocycles. The molecule has 8 rings (SSSR count). The summed E-state index contributed by atoms with van der Waals surface area (Å²) < 4.78 is 2.95. The van der Waals surface area contributed by atoms with Crippen LogP contribution in [0.1, 0.15) is 123 Å². The third-order valence-electron chi connectivity index (χ3n) is 11.8. The first-order chi connectivity index (χ1) is 21.8. The van der Waals surface area contributed by atoms with Gasteiger partial charge in [-0.1, -0.05) is 119 Å². The van der Waals surface area contributed by atoms with E-state index in [0.717, 1.165) is 6.42 Å². The van der Waals surface area contributed by atoms with Crippen molar-refractivity contribution in [2.24, 2.45) is 0 Å². The molecular weight excluding hydrogens is 585 g/mol. The molecule has 3 heterocycles. The summed E-state index contributed by atoms with van der Waals surface area (Å²) in [5.41, 5.74) is 16.1. The van der Waals surface area contributed by atoms with Crippen LogP contribution in [0.4, 0.5) is 17.1 Å². The maximum atomic E-state index is 2.65. The lowest BCUT2D eigenvalue weighted by Crippen LogP contribution is -2.63. The van der Waals surface area contributed by atoms with Gasteiger partial charge >= 0.3 is 0 Å². The van der Waals surface area contributed by atoms with E-state index in [1.165, 1.54) is 76.2 Å². The molecule has 2 aliphatic heterocycles. The normalized spacial score (nSPS) is 18.6. The largest absolute Gasteiger partial charge is 0.312 e. The van der Waals surface area contributed by atoms with E-state index in [-0.39, 0.29) is 33.8 Å². The average Bonchev–Trinajstić information content (AvgIpc) is 3.44. The summed E-state index contributed by atoms with van der Waals surface area (Å²) in [5.74, 6) is 0. The first-order valence-corrected chi connectivity index (χ1v) is 18.4. The van der Waals surface area contributed by atoms with Crippen LogP contribution in [-0.2, 0) is 27.1 Å². The van der Waals surface area contributed by atoms with E-state index in [1.54, 1.807) is 0 Å². The molecule has 3 heteroatoms. The van der Waals surface area contributed by atoms with Gasteiger partial charge in [-0.15, -0.1) is 11.3 Å². The van der Waals surface area contributed by atoms with Crippen molar-refractivity contribution in [1.82, 2.24) is 0 Å². The van der Waals surface area contributed by atoms with Gasteiger partial charge in [-0.05, 0) is 119 Å². The maximum Gasteiger partial charge on any atom is 0.259 e. The number of rotatable bonds is 1. The Hall–Kier alpha value is -3.30. The number of hydrogen-bond acceptors (Lipinski definition) is 2. The van der Waals surface area contributed by atoms with Crippen LogP contribution in [-0.4, -0.2) is 6.71 Å². The van der Waals surface area contributed by atoms with Crippen molar-refractivity contribution in [3.8, 4) is 0 Å². The minimum atomic E-state index is -0.122. The van der Waals surface area contributed by atoms with Crippen LogP contribution in [0.3, 0.4) is 0 Å². The molecule has 1 nitrogen and oxygen atoms in total. The van der Waals surface area contributed by atoms with Crippen molar-refractivity contribution in [1.29, 1.82) is 0 Å². The Morgan fingerprint density at radius 1 is 0.660 bits per heavy atom. The molecule has 0 atom stereocenters. The molecule has 5 aromatic rings. The van der Waals surface area contributed by atoms with Crippen molar-refractivity contribution < 1.29 is 0 Å². The van der Waals surface area contributed by atoms with Crippen LogP contribution < -0.4 is 20.6 Å². The number of fused-ring (bicyclic) bond motifs is 7. The monoisotopic (exact) mass is 635 g/mol. The van der Waals surface area contributed by atoms with Gasteiger partial charge in [0.25, 0.3) is 6.71 Å². The number of benzene rings is 4. The molecule has 0 amide bonds. The standard InChI is InChI=1S/C44H50BNS/c1-40(2,3)26-16-19-28(20-17-26)46-34-15-13-14-30-38(34)45(33-23-31-32(24-35(33)46)43(9,10)25-42(31,7)8)39-37(44(30,11)12)29-22-27(41(4,5)6)18-21-36(29)47-39/h13-24H,25H2,1-12H3. The molecule has 1 aromatic heterocycles. The van der Waals surface area contributed by atoms with Crippen LogP contribution in [0.5, 0.6) is 0 Å². The smallest absolute Gasteiger partial charge is 0.259 e. The third kappa shape index (κ3) is 4.34. The maximum absolute atomic E-state index is 2.65. The molecule has 0 fully saturated rings. The molecule has 47 heavy (non-hydrogen) atoms. The predicted molar refractivity (Wildman–Crippen MR) is 208 cm³/mol. The fourth-order valence-corrected chi connectivity index (χ4v) is 11.0. The lowest BCUT2D eigenvalue weighted by atomic mass is 9.32. The Morgan fingerprint density at radius 3 is 1.91 bits per heavy atom. The average molecular weight is 636 g/mol.